The van der Waals surface area contributed by atoms with Gasteiger partial charge in [-0.3, -0.25) is 4.79 Å². The van der Waals surface area contributed by atoms with E-state index in [4.69, 9.17) is 4.74 Å². The first kappa shape index (κ1) is 10.7. The third-order valence-corrected chi connectivity index (χ3v) is 5.27. The Labute approximate surface area is 104 Å². The lowest BCUT2D eigenvalue weighted by Gasteiger charge is -2.52. The molecule has 16 heavy (non-hydrogen) atoms. The summed E-state index contributed by atoms with van der Waals surface area (Å²) in [5.41, 5.74) is -0.704. The van der Waals surface area contributed by atoms with Gasteiger partial charge in [0.25, 0.3) is 0 Å². The normalized spacial score (nSPS) is 49.4. The number of halogens is 1. The summed E-state index contributed by atoms with van der Waals surface area (Å²) >= 11 is 3.63. The van der Waals surface area contributed by atoms with Gasteiger partial charge in [0.2, 0.25) is 0 Å². The highest BCUT2D eigenvalue weighted by Gasteiger charge is 2.61. The molecule has 0 heterocycles. The van der Waals surface area contributed by atoms with Gasteiger partial charge in [-0.25, -0.2) is 0 Å². The van der Waals surface area contributed by atoms with Crippen molar-refractivity contribution in [2.75, 3.05) is 7.11 Å². The molecular formula is C13H15BrO2. The Morgan fingerprint density at radius 1 is 1.56 bits per heavy atom. The van der Waals surface area contributed by atoms with Crippen molar-refractivity contribution in [2.45, 2.75) is 18.9 Å². The highest BCUT2D eigenvalue weighted by atomic mass is 79.9. The first-order valence-corrected chi connectivity index (χ1v) is 6.55. The Bertz CT molecular complexity index is 412. The minimum atomic E-state index is -0.704. The lowest BCUT2D eigenvalue weighted by Crippen LogP contribution is -2.60. The van der Waals surface area contributed by atoms with Gasteiger partial charge in [-0.2, -0.15) is 0 Å². The number of fused-ring (bicyclic) bond motifs is 1. The van der Waals surface area contributed by atoms with E-state index in [2.05, 4.69) is 28.1 Å². The first-order valence-electron chi connectivity index (χ1n) is 5.76. The summed E-state index contributed by atoms with van der Waals surface area (Å²) in [6.07, 6.45) is 7.43. The van der Waals surface area contributed by atoms with Crippen molar-refractivity contribution in [3.8, 4) is 0 Å². The number of rotatable bonds is 1. The molecule has 0 spiro atoms. The van der Waals surface area contributed by atoms with Gasteiger partial charge in [-0.15, -0.1) is 0 Å². The number of carbonyl (C=O) groups is 1. The van der Waals surface area contributed by atoms with E-state index in [0.29, 0.717) is 11.8 Å². The Hall–Kier alpha value is -0.410. The van der Waals surface area contributed by atoms with Crippen LogP contribution in [0.3, 0.4) is 0 Å². The maximum atomic E-state index is 12.4. The molecule has 4 rings (SSSR count). The monoisotopic (exact) mass is 282 g/mol. The van der Waals surface area contributed by atoms with E-state index in [0.717, 1.165) is 10.9 Å². The van der Waals surface area contributed by atoms with Crippen molar-refractivity contribution < 1.29 is 9.53 Å². The molecule has 0 N–H and O–H groups in total. The van der Waals surface area contributed by atoms with E-state index in [1.54, 1.807) is 7.11 Å². The molecule has 0 aromatic heterocycles. The van der Waals surface area contributed by atoms with Gasteiger partial charge in [0, 0.05) is 24.9 Å². The SMILES string of the molecule is CO[C@]12C=C(Br)[C@H]([C@@H]3CC=C[C@@H]31)[C@@H](C)C2=O. The maximum Gasteiger partial charge on any atom is 0.172 e. The number of hydrogen-bond donors (Lipinski definition) is 0. The molecule has 3 heteroatoms. The number of Topliss-reactive ketones (excluding diaryl/α,β-unsaturated/α-hetero) is 1. The number of carbonyl (C=O) groups excluding carboxylic acids is 1. The van der Waals surface area contributed by atoms with Crippen LogP contribution >= 0.6 is 15.9 Å². The second-order valence-corrected chi connectivity index (χ2v) is 5.97. The van der Waals surface area contributed by atoms with Gasteiger partial charge < -0.3 is 4.74 Å². The summed E-state index contributed by atoms with van der Waals surface area (Å²) < 4.78 is 6.78. The average Bonchev–Trinajstić information content (AvgIpc) is 2.74. The van der Waals surface area contributed by atoms with E-state index in [1.165, 1.54) is 0 Å². The van der Waals surface area contributed by atoms with Gasteiger partial charge in [0.1, 0.15) is 0 Å². The number of ketones is 1. The molecule has 4 aliphatic rings. The minimum Gasteiger partial charge on any atom is -0.366 e. The van der Waals surface area contributed by atoms with E-state index in [9.17, 15) is 4.79 Å². The first-order chi connectivity index (χ1) is 7.62. The molecule has 1 saturated carbocycles. The van der Waals surface area contributed by atoms with Crippen LogP contribution in [-0.4, -0.2) is 18.5 Å². The van der Waals surface area contributed by atoms with Crippen molar-refractivity contribution in [2.24, 2.45) is 23.7 Å². The zero-order valence-electron chi connectivity index (χ0n) is 9.44. The van der Waals surface area contributed by atoms with E-state index in [-0.39, 0.29) is 17.6 Å². The van der Waals surface area contributed by atoms with Crippen molar-refractivity contribution in [3.63, 3.8) is 0 Å². The molecule has 2 bridgehead atoms. The van der Waals surface area contributed by atoms with Crippen LogP contribution in [0.15, 0.2) is 22.7 Å². The van der Waals surface area contributed by atoms with Crippen molar-refractivity contribution in [1.82, 2.24) is 0 Å². The van der Waals surface area contributed by atoms with Crippen molar-refractivity contribution in [3.05, 3.63) is 22.7 Å². The van der Waals surface area contributed by atoms with Crippen LogP contribution in [0.2, 0.25) is 0 Å². The molecule has 0 amide bonds. The molecule has 0 saturated heterocycles. The summed E-state index contributed by atoms with van der Waals surface area (Å²) in [5, 5.41) is 0. The van der Waals surface area contributed by atoms with Gasteiger partial charge in [0.15, 0.2) is 11.4 Å². The zero-order valence-corrected chi connectivity index (χ0v) is 11.0. The summed E-state index contributed by atoms with van der Waals surface area (Å²) in [7, 11) is 1.65. The lowest BCUT2D eigenvalue weighted by atomic mass is 9.56. The quantitative estimate of drug-likeness (QED) is 0.692. The average molecular weight is 283 g/mol. The standard InChI is InChI=1S/C13H15BrO2/c1-7-11-8-4-3-5-9(8)13(16-2,12(7)15)6-10(11)14/h3,5-9,11H,4H2,1-2H3/t7-,8-,9+,11+,13-/m1/s1. The summed E-state index contributed by atoms with van der Waals surface area (Å²) in [5.74, 6) is 1.44. The smallest absolute Gasteiger partial charge is 0.172 e. The number of ether oxygens (including phenoxy) is 1. The van der Waals surface area contributed by atoms with E-state index < -0.39 is 5.60 Å². The van der Waals surface area contributed by atoms with Gasteiger partial charge in [0.05, 0.1) is 0 Å². The summed E-state index contributed by atoms with van der Waals surface area (Å²) in [4.78, 5) is 12.4. The highest BCUT2D eigenvalue weighted by molar-refractivity contribution is 9.11. The topological polar surface area (TPSA) is 26.3 Å². The van der Waals surface area contributed by atoms with E-state index >= 15 is 0 Å². The van der Waals surface area contributed by atoms with Crippen molar-refractivity contribution in [1.29, 1.82) is 0 Å². The van der Waals surface area contributed by atoms with Gasteiger partial charge in [-0.1, -0.05) is 35.0 Å². The van der Waals surface area contributed by atoms with Crippen LogP contribution < -0.4 is 0 Å². The molecule has 2 nitrogen and oxygen atoms in total. The second kappa shape index (κ2) is 3.30. The molecule has 0 aliphatic heterocycles. The fourth-order valence-corrected chi connectivity index (χ4v) is 4.84. The lowest BCUT2D eigenvalue weighted by molar-refractivity contribution is -0.157. The van der Waals surface area contributed by atoms with Crippen LogP contribution in [0.25, 0.3) is 0 Å². The molecule has 0 unspecified atom stereocenters. The highest BCUT2D eigenvalue weighted by Crippen LogP contribution is 2.57. The summed E-state index contributed by atoms with van der Waals surface area (Å²) in [6.45, 7) is 2.03. The number of hydrogen-bond acceptors (Lipinski definition) is 2. The minimum absolute atomic E-state index is 0.0699. The van der Waals surface area contributed by atoms with Crippen LogP contribution in [0, 0.1) is 23.7 Å². The Kier molecular flexibility index (Phi) is 2.21. The molecule has 86 valence electrons. The fraction of sp³-hybridized carbons (Fsp3) is 0.615. The number of allylic oxidation sites excluding steroid dienone is 2. The predicted molar refractivity (Wildman–Crippen MR) is 65.1 cm³/mol. The Balaban J connectivity index is 2.19. The third kappa shape index (κ3) is 1.04. The van der Waals surface area contributed by atoms with Crippen molar-refractivity contribution >= 4 is 21.7 Å². The summed E-state index contributed by atoms with van der Waals surface area (Å²) in [6, 6.07) is 0. The second-order valence-electron chi connectivity index (χ2n) is 5.06. The van der Waals surface area contributed by atoms with Crippen LogP contribution in [0.1, 0.15) is 13.3 Å². The van der Waals surface area contributed by atoms with Crippen LogP contribution in [0.5, 0.6) is 0 Å². The van der Waals surface area contributed by atoms with Gasteiger partial charge >= 0.3 is 0 Å². The predicted octanol–water partition coefficient (Wildman–Crippen LogP) is 2.69. The fourth-order valence-electron chi connectivity index (χ4n) is 3.76. The molecule has 5 atom stereocenters. The number of methoxy groups -OCH3 is 1. The molecule has 0 aromatic rings. The Morgan fingerprint density at radius 3 is 3.00 bits per heavy atom. The zero-order chi connectivity index (χ0) is 11.5. The molecule has 4 aliphatic carbocycles. The largest absolute Gasteiger partial charge is 0.366 e. The molecular weight excluding hydrogens is 268 g/mol. The van der Waals surface area contributed by atoms with E-state index in [1.807, 2.05) is 13.0 Å². The van der Waals surface area contributed by atoms with Gasteiger partial charge in [-0.05, 0) is 22.9 Å². The molecule has 0 aromatic carbocycles. The maximum absolute atomic E-state index is 12.4. The van der Waals surface area contributed by atoms with Crippen LogP contribution in [-0.2, 0) is 9.53 Å². The Morgan fingerprint density at radius 2 is 2.31 bits per heavy atom. The molecule has 0 radical (unpaired) electrons. The third-order valence-electron chi connectivity index (χ3n) is 4.52. The van der Waals surface area contributed by atoms with Crippen LogP contribution in [0.4, 0.5) is 0 Å². The molecule has 1 fully saturated rings.